The Balaban J connectivity index is 2.45. The number of rotatable bonds is 2. The normalized spacial score (nSPS) is 23.1. The van der Waals surface area contributed by atoms with E-state index in [-0.39, 0.29) is 29.5 Å². The van der Waals surface area contributed by atoms with Gasteiger partial charge in [-0.3, -0.25) is 0 Å². The summed E-state index contributed by atoms with van der Waals surface area (Å²) in [7, 11) is 0. The fourth-order valence-corrected chi connectivity index (χ4v) is 2.14. The fourth-order valence-electron chi connectivity index (χ4n) is 1.98. The number of alkyl halides is 3. The van der Waals surface area contributed by atoms with Crippen molar-refractivity contribution in [3.8, 4) is 0 Å². The van der Waals surface area contributed by atoms with Crippen LogP contribution >= 0.6 is 12.2 Å². The average Bonchev–Trinajstić information content (AvgIpc) is 2.67. The maximum atomic E-state index is 12.7. The maximum absolute atomic E-state index is 12.7. The molecule has 0 bridgehead atoms. The van der Waals surface area contributed by atoms with Crippen molar-refractivity contribution in [3.05, 3.63) is 23.4 Å². The van der Waals surface area contributed by atoms with E-state index in [2.05, 4.69) is 4.98 Å². The van der Waals surface area contributed by atoms with E-state index in [4.69, 9.17) is 18.0 Å². The number of thiocarbonyl (C=S) groups is 1. The van der Waals surface area contributed by atoms with Gasteiger partial charge < -0.3 is 20.8 Å². The van der Waals surface area contributed by atoms with Gasteiger partial charge in [-0.15, -0.1) is 0 Å². The number of hydrogen-bond acceptors (Lipinski definition) is 5. The second kappa shape index (κ2) is 5.15. The molecule has 1 aromatic heterocycles. The molecule has 1 aromatic rings. The SMILES string of the molecule is NC(=S)c1ccc(C(F)(F)F)nc1N1CC(O)C(O)C1. The molecule has 5 nitrogen and oxygen atoms in total. The number of aliphatic hydroxyl groups excluding tert-OH is 2. The Hall–Kier alpha value is -1.45. The minimum absolute atomic E-state index is 0.0366. The van der Waals surface area contributed by atoms with E-state index in [1.54, 1.807) is 0 Å². The second-order valence-corrected chi connectivity index (χ2v) is 4.91. The van der Waals surface area contributed by atoms with E-state index in [1.807, 2.05) is 0 Å². The first-order valence-electron chi connectivity index (χ1n) is 5.69. The van der Waals surface area contributed by atoms with Crippen LogP contribution in [0.4, 0.5) is 19.0 Å². The molecule has 0 saturated carbocycles. The molecule has 2 atom stereocenters. The van der Waals surface area contributed by atoms with Gasteiger partial charge in [-0.2, -0.15) is 13.2 Å². The van der Waals surface area contributed by atoms with Crippen LogP contribution in [-0.2, 0) is 6.18 Å². The summed E-state index contributed by atoms with van der Waals surface area (Å²) in [5.41, 5.74) is 4.56. The number of hydrogen-bond donors (Lipinski definition) is 3. The minimum Gasteiger partial charge on any atom is -0.389 e. The van der Waals surface area contributed by atoms with Crippen LogP contribution in [0.3, 0.4) is 0 Å². The van der Waals surface area contributed by atoms with Crippen LogP contribution in [0.25, 0.3) is 0 Å². The predicted molar refractivity (Wildman–Crippen MR) is 69.4 cm³/mol. The zero-order valence-corrected chi connectivity index (χ0v) is 10.9. The monoisotopic (exact) mass is 307 g/mol. The van der Waals surface area contributed by atoms with E-state index < -0.39 is 24.1 Å². The van der Waals surface area contributed by atoms with Gasteiger partial charge in [0.25, 0.3) is 0 Å². The lowest BCUT2D eigenvalue weighted by atomic mass is 10.2. The number of aromatic nitrogens is 1. The smallest absolute Gasteiger partial charge is 0.389 e. The second-order valence-electron chi connectivity index (χ2n) is 4.47. The molecular formula is C11H12F3N3O2S. The lowest BCUT2D eigenvalue weighted by Crippen LogP contribution is -2.27. The molecule has 20 heavy (non-hydrogen) atoms. The number of pyridine rings is 1. The van der Waals surface area contributed by atoms with Crippen LogP contribution < -0.4 is 10.6 Å². The van der Waals surface area contributed by atoms with Gasteiger partial charge in [0.05, 0.1) is 17.8 Å². The molecule has 1 aliphatic heterocycles. The van der Waals surface area contributed by atoms with E-state index in [0.29, 0.717) is 0 Å². The van der Waals surface area contributed by atoms with E-state index in [0.717, 1.165) is 12.1 Å². The zero-order valence-electron chi connectivity index (χ0n) is 10.1. The molecule has 0 radical (unpaired) electrons. The van der Waals surface area contributed by atoms with E-state index in [1.165, 1.54) is 4.90 Å². The van der Waals surface area contributed by atoms with Crippen LogP contribution in [0.1, 0.15) is 11.3 Å². The molecule has 9 heteroatoms. The van der Waals surface area contributed by atoms with E-state index in [9.17, 15) is 23.4 Å². The molecule has 1 fully saturated rings. The summed E-state index contributed by atoms with van der Waals surface area (Å²) in [6.45, 7) is -0.0732. The van der Waals surface area contributed by atoms with Crippen molar-refractivity contribution in [3.63, 3.8) is 0 Å². The molecular weight excluding hydrogens is 295 g/mol. The number of β-amino-alcohol motifs (C(OH)–C–C–N with tert-alkyl or cyclic N) is 2. The first-order valence-corrected chi connectivity index (χ1v) is 6.10. The van der Waals surface area contributed by atoms with Crippen LogP contribution in [0.15, 0.2) is 12.1 Å². The molecule has 0 aromatic carbocycles. The van der Waals surface area contributed by atoms with Crippen molar-refractivity contribution in [2.75, 3.05) is 18.0 Å². The summed E-state index contributed by atoms with van der Waals surface area (Å²) >= 11 is 4.79. The zero-order chi connectivity index (χ0) is 15.1. The summed E-state index contributed by atoms with van der Waals surface area (Å²) in [4.78, 5) is 4.76. The Morgan fingerprint density at radius 2 is 1.85 bits per heavy atom. The van der Waals surface area contributed by atoms with Gasteiger partial charge in [-0.25, -0.2) is 4.98 Å². The standard InChI is InChI=1S/C11H12F3N3O2S/c12-11(13,14)8-2-1-5(9(15)20)10(16-8)17-3-6(18)7(19)4-17/h1-2,6-7,18-19H,3-4H2,(H2,15,20). The van der Waals surface area contributed by atoms with Crippen molar-refractivity contribution in [2.24, 2.45) is 5.73 Å². The maximum Gasteiger partial charge on any atom is 0.433 e. The Bertz CT molecular complexity index is 528. The Kier molecular flexibility index (Phi) is 3.85. The van der Waals surface area contributed by atoms with Gasteiger partial charge in [0, 0.05) is 13.1 Å². The van der Waals surface area contributed by atoms with Crippen LogP contribution in [0.5, 0.6) is 0 Å². The third kappa shape index (κ3) is 2.84. The molecule has 1 aliphatic rings. The largest absolute Gasteiger partial charge is 0.433 e. The van der Waals surface area contributed by atoms with Crippen LogP contribution in [0.2, 0.25) is 0 Å². The Labute approximate surface area is 117 Å². The van der Waals surface area contributed by atoms with Crippen molar-refractivity contribution in [1.82, 2.24) is 4.98 Å². The van der Waals surface area contributed by atoms with E-state index >= 15 is 0 Å². The quantitative estimate of drug-likeness (QED) is 0.681. The predicted octanol–water partition coefficient (Wildman–Crippen LogP) is 0.276. The van der Waals surface area contributed by atoms with Gasteiger partial charge in [0.2, 0.25) is 0 Å². The molecule has 0 spiro atoms. The first kappa shape index (κ1) is 14.9. The topological polar surface area (TPSA) is 82.6 Å². The van der Waals surface area contributed by atoms with Gasteiger partial charge in [0.1, 0.15) is 16.5 Å². The van der Waals surface area contributed by atoms with Gasteiger partial charge in [-0.05, 0) is 12.1 Å². The molecule has 2 heterocycles. The van der Waals surface area contributed by atoms with Crippen LogP contribution in [0, 0.1) is 0 Å². The third-order valence-electron chi connectivity index (χ3n) is 2.99. The van der Waals surface area contributed by atoms with Gasteiger partial charge in [-0.1, -0.05) is 12.2 Å². The fraction of sp³-hybridized carbons (Fsp3) is 0.455. The lowest BCUT2D eigenvalue weighted by molar-refractivity contribution is -0.141. The summed E-state index contributed by atoms with van der Waals surface area (Å²) in [6.07, 6.45) is -6.70. The van der Waals surface area contributed by atoms with Gasteiger partial charge >= 0.3 is 6.18 Å². The third-order valence-corrected chi connectivity index (χ3v) is 3.21. The molecule has 0 amide bonds. The number of nitrogens with two attached hydrogens (primary N) is 1. The molecule has 1 saturated heterocycles. The highest BCUT2D eigenvalue weighted by molar-refractivity contribution is 7.80. The summed E-state index contributed by atoms with van der Waals surface area (Å²) in [5, 5.41) is 19.0. The molecule has 2 rings (SSSR count). The highest BCUT2D eigenvalue weighted by Gasteiger charge is 2.36. The summed E-state index contributed by atoms with van der Waals surface area (Å²) < 4.78 is 38.1. The Morgan fingerprint density at radius 1 is 1.30 bits per heavy atom. The van der Waals surface area contributed by atoms with Crippen molar-refractivity contribution in [2.45, 2.75) is 18.4 Å². The summed E-state index contributed by atoms with van der Waals surface area (Å²) in [5.74, 6) is -0.0806. The van der Waals surface area contributed by atoms with Crippen molar-refractivity contribution < 1.29 is 23.4 Å². The highest BCUT2D eigenvalue weighted by Crippen LogP contribution is 2.31. The highest BCUT2D eigenvalue weighted by atomic mass is 32.1. The van der Waals surface area contributed by atoms with Crippen molar-refractivity contribution in [1.29, 1.82) is 0 Å². The minimum atomic E-state index is -4.60. The number of halogens is 3. The lowest BCUT2D eigenvalue weighted by Gasteiger charge is -2.21. The number of anilines is 1. The average molecular weight is 307 g/mol. The number of aliphatic hydroxyl groups is 2. The molecule has 110 valence electrons. The summed E-state index contributed by atoms with van der Waals surface area (Å²) in [6, 6.07) is 1.94. The first-order chi connectivity index (χ1) is 9.20. The number of nitrogens with zero attached hydrogens (tertiary/aromatic N) is 2. The molecule has 2 unspecified atom stereocenters. The molecule has 4 N–H and O–H groups in total. The van der Waals surface area contributed by atoms with Gasteiger partial charge in [0.15, 0.2) is 0 Å². The molecule has 0 aliphatic carbocycles. The van der Waals surface area contributed by atoms with Crippen molar-refractivity contribution >= 4 is 23.0 Å². The van der Waals surface area contributed by atoms with Crippen LogP contribution in [-0.4, -0.2) is 45.5 Å². The Morgan fingerprint density at radius 3 is 2.30 bits per heavy atom.